The second-order valence-corrected chi connectivity index (χ2v) is 6.64. The second-order valence-electron chi connectivity index (χ2n) is 6.64. The van der Waals surface area contributed by atoms with E-state index in [2.05, 4.69) is 15.3 Å². The fourth-order valence-corrected chi connectivity index (χ4v) is 3.19. The standard InChI is InChI=1S/C22H19N5O2/c1-15-11-21-25-19(9-8-17-5-4-10-23-14-17)13-22(29)27(21)26(15)20-7-3-6-18(12-20)24-16(2)28/h3-14H,1-2H3,(H,24,28). The average molecular weight is 385 g/mol. The molecule has 1 N–H and O–H groups in total. The van der Waals surface area contributed by atoms with Crippen LogP contribution in [0.25, 0.3) is 23.5 Å². The van der Waals surface area contributed by atoms with Gasteiger partial charge in [0, 0.05) is 42.8 Å². The van der Waals surface area contributed by atoms with E-state index >= 15 is 0 Å². The number of benzene rings is 1. The maximum Gasteiger partial charge on any atom is 0.273 e. The second kappa shape index (κ2) is 7.55. The topological polar surface area (TPSA) is 81.3 Å². The van der Waals surface area contributed by atoms with Gasteiger partial charge in [-0.25, -0.2) is 9.67 Å². The molecule has 0 aliphatic carbocycles. The lowest BCUT2D eigenvalue weighted by atomic mass is 10.2. The van der Waals surface area contributed by atoms with Crippen LogP contribution in [-0.4, -0.2) is 25.1 Å². The van der Waals surface area contributed by atoms with Crippen LogP contribution in [0.15, 0.2) is 65.7 Å². The number of carbonyl (C=O) groups is 1. The maximum atomic E-state index is 12.9. The number of rotatable bonds is 4. The van der Waals surface area contributed by atoms with Gasteiger partial charge in [0.15, 0.2) is 5.65 Å². The van der Waals surface area contributed by atoms with Crippen molar-refractivity contribution in [3.63, 3.8) is 0 Å². The minimum Gasteiger partial charge on any atom is -0.326 e. The summed E-state index contributed by atoms with van der Waals surface area (Å²) in [7, 11) is 0. The molecular formula is C22H19N5O2. The van der Waals surface area contributed by atoms with E-state index in [1.54, 1.807) is 29.2 Å². The van der Waals surface area contributed by atoms with Crippen LogP contribution < -0.4 is 10.9 Å². The first-order chi connectivity index (χ1) is 14.0. The molecule has 0 aliphatic heterocycles. The number of pyridine rings is 1. The highest BCUT2D eigenvalue weighted by molar-refractivity contribution is 5.88. The van der Waals surface area contributed by atoms with Crippen LogP contribution in [0.5, 0.6) is 0 Å². The average Bonchev–Trinajstić information content (AvgIpc) is 3.03. The fourth-order valence-electron chi connectivity index (χ4n) is 3.19. The molecule has 29 heavy (non-hydrogen) atoms. The van der Waals surface area contributed by atoms with Crippen LogP contribution in [0, 0.1) is 6.92 Å². The van der Waals surface area contributed by atoms with Crippen molar-refractivity contribution >= 4 is 29.4 Å². The van der Waals surface area contributed by atoms with Gasteiger partial charge in [-0.1, -0.05) is 18.2 Å². The Morgan fingerprint density at radius 3 is 2.72 bits per heavy atom. The first kappa shape index (κ1) is 18.4. The Balaban J connectivity index is 1.78. The van der Waals surface area contributed by atoms with E-state index in [9.17, 15) is 9.59 Å². The molecule has 0 unspecified atom stereocenters. The molecule has 4 aromatic rings. The van der Waals surface area contributed by atoms with Gasteiger partial charge in [0.2, 0.25) is 5.91 Å². The summed E-state index contributed by atoms with van der Waals surface area (Å²) in [5, 5.41) is 2.76. The maximum absolute atomic E-state index is 12.9. The van der Waals surface area contributed by atoms with E-state index in [0.29, 0.717) is 17.0 Å². The Bertz CT molecular complexity index is 1290. The molecule has 0 bridgehead atoms. The number of nitrogens with one attached hydrogen (secondary N) is 1. The molecule has 0 aliphatic rings. The van der Waals surface area contributed by atoms with E-state index in [1.807, 2.05) is 49.4 Å². The summed E-state index contributed by atoms with van der Waals surface area (Å²) < 4.78 is 3.30. The molecule has 0 radical (unpaired) electrons. The van der Waals surface area contributed by atoms with Crippen LogP contribution in [0.2, 0.25) is 0 Å². The highest BCUT2D eigenvalue weighted by atomic mass is 16.1. The predicted molar refractivity (Wildman–Crippen MR) is 113 cm³/mol. The molecule has 1 aromatic carbocycles. The minimum absolute atomic E-state index is 0.153. The Labute approximate surface area is 167 Å². The van der Waals surface area contributed by atoms with E-state index < -0.39 is 0 Å². The van der Waals surface area contributed by atoms with Crippen LogP contribution in [0.1, 0.15) is 23.9 Å². The number of hydrogen-bond acceptors (Lipinski definition) is 4. The Morgan fingerprint density at radius 1 is 1.10 bits per heavy atom. The van der Waals surface area contributed by atoms with Crippen molar-refractivity contribution in [2.24, 2.45) is 0 Å². The number of amides is 1. The summed E-state index contributed by atoms with van der Waals surface area (Å²) >= 11 is 0. The third-order valence-corrected chi connectivity index (χ3v) is 4.35. The van der Waals surface area contributed by atoms with Crippen molar-refractivity contribution in [1.82, 2.24) is 19.2 Å². The molecule has 4 rings (SSSR count). The summed E-state index contributed by atoms with van der Waals surface area (Å²) in [6.45, 7) is 3.36. The molecular weight excluding hydrogens is 366 g/mol. The molecule has 0 atom stereocenters. The van der Waals surface area contributed by atoms with Crippen LogP contribution in [-0.2, 0) is 4.79 Å². The monoisotopic (exact) mass is 385 g/mol. The molecule has 1 amide bonds. The van der Waals surface area contributed by atoms with Crippen molar-refractivity contribution < 1.29 is 4.79 Å². The minimum atomic E-state index is -0.195. The molecule has 3 aromatic heterocycles. The SMILES string of the molecule is CC(=O)Nc1cccc(-n2c(C)cc3nc(C=Cc4cccnc4)cc(=O)n32)c1. The zero-order valence-electron chi connectivity index (χ0n) is 16.0. The third-order valence-electron chi connectivity index (χ3n) is 4.35. The smallest absolute Gasteiger partial charge is 0.273 e. The molecule has 0 saturated heterocycles. The molecule has 7 heteroatoms. The first-order valence-corrected chi connectivity index (χ1v) is 9.10. The number of fused-ring (bicyclic) bond motifs is 1. The van der Waals surface area contributed by atoms with Gasteiger partial charge < -0.3 is 5.32 Å². The molecule has 144 valence electrons. The quantitative estimate of drug-likeness (QED) is 0.584. The number of nitrogens with zero attached hydrogens (tertiary/aromatic N) is 4. The highest BCUT2D eigenvalue weighted by Gasteiger charge is 2.12. The molecule has 0 saturated carbocycles. The van der Waals surface area contributed by atoms with Crippen LogP contribution in [0.4, 0.5) is 5.69 Å². The number of anilines is 1. The molecule has 7 nitrogen and oxygen atoms in total. The molecule has 0 fully saturated rings. The van der Waals surface area contributed by atoms with Gasteiger partial charge in [-0.2, -0.15) is 4.52 Å². The molecule has 3 heterocycles. The van der Waals surface area contributed by atoms with Crippen molar-refractivity contribution in [1.29, 1.82) is 0 Å². The lowest BCUT2D eigenvalue weighted by Gasteiger charge is -2.11. The largest absolute Gasteiger partial charge is 0.326 e. The van der Waals surface area contributed by atoms with Crippen LogP contribution in [0.3, 0.4) is 0 Å². The summed E-state index contributed by atoms with van der Waals surface area (Å²) in [6.07, 6.45) is 7.11. The normalized spacial score (nSPS) is 11.2. The third kappa shape index (κ3) is 3.84. The van der Waals surface area contributed by atoms with E-state index in [1.165, 1.54) is 17.5 Å². The Kier molecular flexibility index (Phi) is 4.78. The van der Waals surface area contributed by atoms with Gasteiger partial charge in [-0.05, 0) is 42.8 Å². The predicted octanol–water partition coefficient (Wildman–Crippen LogP) is 3.32. The summed E-state index contributed by atoms with van der Waals surface area (Å²) in [4.78, 5) is 32.9. The number of aromatic nitrogens is 4. The van der Waals surface area contributed by atoms with Crippen LogP contribution >= 0.6 is 0 Å². The summed E-state index contributed by atoms with van der Waals surface area (Å²) in [6, 6.07) is 14.4. The van der Waals surface area contributed by atoms with E-state index in [4.69, 9.17) is 0 Å². The van der Waals surface area contributed by atoms with Crippen molar-refractivity contribution in [2.75, 3.05) is 5.32 Å². The van der Waals surface area contributed by atoms with Gasteiger partial charge in [0.05, 0.1) is 11.4 Å². The first-order valence-electron chi connectivity index (χ1n) is 9.10. The van der Waals surface area contributed by atoms with Crippen molar-refractivity contribution in [3.8, 4) is 5.69 Å². The lowest BCUT2D eigenvalue weighted by Crippen LogP contribution is -2.21. The Morgan fingerprint density at radius 2 is 1.97 bits per heavy atom. The molecule has 0 spiro atoms. The number of carbonyl (C=O) groups excluding carboxylic acids is 1. The number of aryl methyl sites for hydroxylation is 1. The zero-order chi connectivity index (χ0) is 20.4. The van der Waals surface area contributed by atoms with Gasteiger partial charge in [-0.3, -0.25) is 14.6 Å². The lowest BCUT2D eigenvalue weighted by molar-refractivity contribution is -0.114. The van der Waals surface area contributed by atoms with Crippen molar-refractivity contribution in [2.45, 2.75) is 13.8 Å². The Hall–Kier alpha value is -4.00. The van der Waals surface area contributed by atoms with E-state index in [0.717, 1.165) is 16.9 Å². The van der Waals surface area contributed by atoms with Crippen molar-refractivity contribution in [3.05, 3.63) is 88.2 Å². The number of hydrogen-bond donors (Lipinski definition) is 1. The van der Waals surface area contributed by atoms with Gasteiger partial charge in [0.25, 0.3) is 5.56 Å². The van der Waals surface area contributed by atoms with Gasteiger partial charge in [0.1, 0.15) is 0 Å². The summed E-state index contributed by atoms with van der Waals surface area (Å²) in [5.41, 5.74) is 4.12. The zero-order valence-corrected chi connectivity index (χ0v) is 16.0. The van der Waals surface area contributed by atoms with Gasteiger partial charge in [-0.15, -0.1) is 0 Å². The summed E-state index contributed by atoms with van der Waals surface area (Å²) in [5.74, 6) is -0.153. The fraction of sp³-hybridized carbons (Fsp3) is 0.0909. The van der Waals surface area contributed by atoms with Gasteiger partial charge >= 0.3 is 0 Å². The highest BCUT2D eigenvalue weighted by Crippen LogP contribution is 2.18. The van der Waals surface area contributed by atoms with E-state index in [-0.39, 0.29) is 11.5 Å².